The molecule has 82 valence electrons. The van der Waals surface area contributed by atoms with Crippen LogP contribution in [0.5, 0.6) is 0 Å². The van der Waals surface area contributed by atoms with E-state index in [9.17, 15) is 4.79 Å². The van der Waals surface area contributed by atoms with Crippen molar-refractivity contribution >= 4 is 17.5 Å². The normalized spacial score (nSPS) is 10.0. The summed E-state index contributed by atoms with van der Waals surface area (Å²) >= 11 is 5.89. The first-order valence-electron chi connectivity index (χ1n) is 4.93. The van der Waals surface area contributed by atoms with Gasteiger partial charge in [0.25, 0.3) is 5.91 Å². The van der Waals surface area contributed by atoms with Crippen LogP contribution in [0.25, 0.3) is 0 Å². The highest BCUT2D eigenvalue weighted by atomic mass is 35.5. The van der Waals surface area contributed by atoms with Crippen LogP contribution in [0.1, 0.15) is 16.8 Å². The summed E-state index contributed by atoms with van der Waals surface area (Å²) in [6, 6.07) is 7.04. The van der Waals surface area contributed by atoms with Crippen molar-refractivity contribution in [3.63, 3.8) is 0 Å². The van der Waals surface area contributed by atoms with Crippen molar-refractivity contribution in [3.05, 3.63) is 34.9 Å². The summed E-state index contributed by atoms with van der Waals surface area (Å²) in [5, 5.41) is 6.32. The molecule has 1 aromatic carbocycles. The molecule has 0 radical (unpaired) electrons. The first kappa shape index (κ1) is 12.0. The summed E-state index contributed by atoms with van der Waals surface area (Å²) in [6.07, 6.45) is 0.909. The molecule has 1 rings (SSSR count). The van der Waals surface area contributed by atoms with E-state index in [2.05, 4.69) is 10.6 Å². The molecule has 0 bridgehead atoms. The molecular weight excluding hydrogens is 212 g/mol. The number of nitrogens with one attached hydrogen (secondary N) is 2. The smallest absolute Gasteiger partial charge is 0.252 e. The molecule has 0 atom stereocenters. The molecule has 0 aromatic heterocycles. The molecule has 0 unspecified atom stereocenters. The summed E-state index contributed by atoms with van der Waals surface area (Å²) in [5.74, 6) is -0.114. The standard InChI is InChI=1S/C11H15ClN2O/c1-13-7-4-8-14-11(15)9-5-2-3-6-10(9)12/h2-3,5-6,13H,4,7-8H2,1H3,(H,14,15). The van der Waals surface area contributed by atoms with Gasteiger partial charge >= 0.3 is 0 Å². The van der Waals surface area contributed by atoms with Crippen LogP contribution in [0.3, 0.4) is 0 Å². The molecule has 15 heavy (non-hydrogen) atoms. The Morgan fingerprint density at radius 1 is 1.33 bits per heavy atom. The highest BCUT2D eigenvalue weighted by Crippen LogP contribution is 2.14. The lowest BCUT2D eigenvalue weighted by Gasteiger charge is -2.05. The average Bonchev–Trinajstić information content (AvgIpc) is 2.25. The van der Waals surface area contributed by atoms with E-state index in [1.54, 1.807) is 24.3 Å². The van der Waals surface area contributed by atoms with Gasteiger partial charge in [-0.15, -0.1) is 0 Å². The van der Waals surface area contributed by atoms with Crippen molar-refractivity contribution in [1.29, 1.82) is 0 Å². The molecule has 1 aromatic rings. The highest BCUT2D eigenvalue weighted by Gasteiger charge is 2.07. The quantitative estimate of drug-likeness (QED) is 0.751. The van der Waals surface area contributed by atoms with Gasteiger partial charge in [-0.05, 0) is 32.1 Å². The maximum Gasteiger partial charge on any atom is 0.252 e. The Bertz CT molecular complexity index is 328. The van der Waals surface area contributed by atoms with Crippen LogP contribution in [0.4, 0.5) is 0 Å². The van der Waals surface area contributed by atoms with E-state index in [-0.39, 0.29) is 5.91 Å². The molecule has 2 N–H and O–H groups in total. The molecule has 4 heteroatoms. The van der Waals surface area contributed by atoms with Crippen molar-refractivity contribution in [3.8, 4) is 0 Å². The van der Waals surface area contributed by atoms with Crippen molar-refractivity contribution in [2.45, 2.75) is 6.42 Å². The Morgan fingerprint density at radius 2 is 2.07 bits per heavy atom. The van der Waals surface area contributed by atoms with Gasteiger partial charge in [0.05, 0.1) is 10.6 Å². The number of halogens is 1. The van der Waals surface area contributed by atoms with E-state index < -0.39 is 0 Å². The number of hydrogen-bond acceptors (Lipinski definition) is 2. The number of benzene rings is 1. The Labute approximate surface area is 94.8 Å². The van der Waals surface area contributed by atoms with Crippen LogP contribution in [0.2, 0.25) is 5.02 Å². The van der Waals surface area contributed by atoms with E-state index in [0.29, 0.717) is 17.1 Å². The second-order valence-corrected chi connectivity index (χ2v) is 3.60. The fraction of sp³-hybridized carbons (Fsp3) is 0.364. The van der Waals surface area contributed by atoms with Crippen molar-refractivity contribution in [1.82, 2.24) is 10.6 Å². The number of carbonyl (C=O) groups is 1. The first-order chi connectivity index (χ1) is 7.25. The van der Waals surface area contributed by atoms with E-state index in [0.717, 1.165) is 13.0 Å². The molecule has 0 fully saturated rings. The minimum atomic E-state index is -0.114. The first-order valence-corrected chi connectivity index (χ1v) is 5.31. The zero-order valence-corrected chi connectivity index (χ0v) is 9.47. The average molecular weight is 227 g/mol. The molecule has 0 aliphatic carbocycles. The van der Waals surface area contributed by atoms with Crippen LogP contribution in [0, 0.1) is 0 Å². The van der Waals surface area contributed by atoms with Gasteiger partial charge in [-0.25, -0.2) is 0 Å². The zero-order chi connectivity index (χ0) is 11.1. The maximum absolute atomic E-state index is 11.6. The van der Waals surface area contributed by atoms with Gasteiger partial charge in [0.1, 0.15) is 0 Å². The Hall–Kier alpha value is -1.06. The summed E-state index contributed by atoms with van der Waals surface area (Å²) in [5.41, 5.74) is 0.531. The minimum absolute atomic E-state index is 0.114. The van der Waals surface area contributed by atoms with Crippen LogP contribution in [-0.2, 0) is 0 Å². The Balaban J connectivity index is 2.44. The third-order valence-electron chi connectivity index (χ3n) is 2.01. The molecule has 1 amide bonds. The lowest BCUT2D eigenvalue weighted by Crippen LogP contribution is -2.26. The number of hydrogen-bond donors (Lipinski definition) is 2. The summed E-state index contributed by atoms with van der Waals surface area (Å²) in [4.78, 5) is 11.6. The molecule has 0 saturated carbocycles. The monoisotopic (exact) mass is 226 g/mol. The van der Waals surface area contributed by atoms with E-state index in [4.69, 9.17) is 11.6 Å². The summed E-state index contributed by atoms with van der Waals surface area (Å²) in [6.45, 7) is 1.55. The lowest BCUT2D eigenvalue weighted by atomic mass is 10.2. The topological polar surface area (TPSA) is 41.1 Å². The molecule has 0 saturated heterocycles. The largest absolute Gasteiger partial charge is 0.352 e. The van der Waals surface area contributed by atoms with Crippen LogP contribution >= 0.6 is 11.6 Å². The fourth-order valence-corrected chi connectivity index (χ4v) is 1.43. The number of amides is 1. The minimum Gasteiger partial charge on any atom is -0.352 e. The molecule has 0 spiro atoms. The van der Waals surface area contributed by atoms with Gasteiger partial charge in [0.15, 0.2) is 0 Å². The summed E-state index contributed by atoms with van der Waals surface area (Å²) in [7, 11) is 1.88. The van der Waals surface area contributed by atoms with Crippen molar-refractivity contribution in [2.24, 2.45) is 0 Å². The van der Waals surface area contributed by atoms with Gasteiger partial charge < -0.3 is 10.6 Å². The molecule has 0 heterocycles. The lowest BCUT2D eigenvalue weighted by molar-refractivity contribution is 0.0953. The second kappa shape index (κ2) is 6.43. The van der Waals surface area contributed by atoms with Crippen LogP contribution in [0.15, 0.2) is 24.3 Å². The van der Waals surface area contributed by atoms with Crippen molar-refractivity contribution in [2.75, 3.05) is 20.1 Å². The van der Waals surface area contributed by atoms with E-state index in [1.807, 2.05) is 7.05 Å². The molecule has 0 aliphatic rings. The van der Waals surface area contributed by atoms with E-state index in [1.165, 1.54) is 0 Å². The van der Waals surface area contributed by atoms with E-state index >= 15 is 0 Å². The predicted octanol–water partition coefficient (Wildman–Crippen LogP) is 1.68. The number of carbonyl (C=O) groups excluding carboxylic acids is 1. The predicted molar refractivity (Wildman–Crippen MR) is 62.3 cm³/mol. The molecule has 0 aliphatic heterocycles. The van der Waals surface area contributed by atoms with Gasteiger partial charge in [-0.2, -0.15) is 0 Å². The van der Waals surface area contributed by atoms with Crippen LogP contribution < -0.4 is 10.6 Å². The van der Waals surface area contributed by atoms with Crippen LogP contribution in [-0.4, -0.2) is 26.0 Å². The Morgan fingerprint density at radius 3 is 2.73 bits per heavy atom. The highest BCUT2D eigenvalue weighted by molar-refractivity contribution is 6.33. The third kappa shape index (κ3) is 3.90. The third-order valence-corrected chi connectivity index (χ3v) is 2.34. The molecule has 3 nitrogen and oxygen atoms in total. The van der Waals surface area contributed by atoms with Gasteiger partial charge in [0.2, 0.25) is 0 Å². The van der Waals surface area contributed by atoms with Crippen molar-refractivity contribution < 1.29 is 4.79 Å². The summed E-state index contributed by atoms with van der Waals surface area (Å²) < 4.78 is 0. The van der Waals surface area contributed by atoms with Gasteiger partial charge in [0, 0.05) is 6.54 Å². The molecular formula is C11H15ClN2O. The second-order valence-electron chi connectivity index (χ2n) is 3.19. The fourth-order valence-electron chi connectivity index (χ4n) is 1.21. The van der Waals surface area contributed by atoms with Gasteiger partial charge in [-0.1, -0.05) is 23.7 Å². The number of rotatable bonds is 5. The Kier molecular flexibility index (Phi) is 5.15. The maximum atomic E-state index is 11.6. The van der Waals surface area contributed by atoms with Gasteiger partial charge in [-0.3, -0.25) is 4.79 Å². The zero-order valence-electron chi connectivity index (χ0n) is 8.72. The SMILES string of the molecule is CNCCCNC(=O)c1ccccc1Cl.